The van der Waals surface area contributed by atoms with Crippen LogP contribution in [-0.2, 0) is 14.8 Å². The Morgan fingerprint density at radius 1 is 1.05 bits per heavy atom. The molecule has 0 amide bonds. The molecule has 2 aromatic carbocycles. The highest BCUT2D eigenvalue weighted by atomic mass is 35.5. The molecule has 0 aliphatic carbocycles. The molecular formula is C14H10ClF2NO3S. The van der Waals surface area contributed by atoms with E-state index in [0.29, 0.717) is 4.31 Å². The zero-order chi connectivity index (χ0) is 16.3. The van der Waals surface area contributed by atoms with Gasteiger partial charge < -0.3 is 0 Å². The van der Waals surface area contributed by atoms with Gasteiger partial charge >= 0.3 is 0 Å². The van der Waals surface area contributed by atoms with Crippen molar-refractivity contribution in [1.29, 1.82) is 0 Å². The van der Waals surface area contributed by atoms with Crippen LogP contribution in [0.3, 0.4) is 0 Å². The van der Waals surface area contributed by atoms with Gasteiger partial charge in [-0.15, -0.1) is 0 Å². The third-order valence-corrected chi connectivity index (χ3v) is 4.68. The van der Waals surface area contributed by atoms with E-state index in [9.17, 15) is 22.0 Å². The normalized spacial score (nSPS) is 11.2. The summed E-state index contributed by atoms with van der Waals surface area (Å²) in [5.74, 6) is -1.45. The molecule has 0 fully saturated rings. The molecule has 0 aliphatic heterocycles. The van der Waals surface area contributed by atoms with E-state index in [4.69, 9.17) is 11.6 Å². The molecule has 0 N–H and O–H groups in total. The van der Waals surface area contributed by atoms with Crippen molar-refractivity contribution in [2.24, 2.45) is 0 Å². The fourth-order valence-electron chi connectivity index (χ4n) is 1.80. The number of carbonyl (C=O) groups is 1. The van der Waals surface area contributed by atoms with Gasteiger partial charge in [0.25, 0.3) is 10.0 Å². The Morgan fingerprint density at radius 2 is 1.64 bits per heavy atom. The average Bonchev–Trinajstić information content (AvgIpc) is 2.46. The van der Waals surface area contributed by atoms with Crippen molar-refractivity contribution in [1.82, 2.24) is 0 Å². The molecule has 0 aliphatic rings. The van der Waals surface area contributed by atoms with Crippen molar-refractivity contribution in [2.45, 2.75) is 4.90 Å². The highest BCUT2D eigenvalue weighted by molar-refractivity contribution is 7.92. The first-order chi connectivity index (χ1) is 10.3. The molecule has 0 aromatic heterocycles. The van der Waals surface area contributed by atoms with Gasteiger partial charge in [0.15, 0.2) is 0 Å². The van der Waals surface area contributed by atoms with E-state index in [1.165, 1.54) is 18.2 Å². The van der Waals surface area contributed by atoms with E-state index < -0.39 is 33.4 Å². The first-order valence-corrected chi connectivity index (χ1v) is 7.85. The van der Waals surface area contributed by atoms with Crippen molar-refractivity contribution in [2.75, 3.05) is 10.8 Å². The van der Waals surface area contributed by atoms with Crippen LogP contribution < -0.4 is 4.31 Å². The molecular weight excluding hydrogens is 336 g/mol. The number of halogens is 3. The maximum atomic E-state index is 13.9. The predicted molar refractivity (Wildman–Crippen MR) is 78.2 cm³/mol. The molecule has 2 rings (SSSR count). The first-order valence-electron chi connectivity index (χ1n) is 6.03. The summed E-state index contributed by atoms with van der Waals surface area (Å²) in [5.41, 5.74) is -0.319. The summed E-state index contributed by atoms with van der Waals surface area (Å²) in [5, 5.41) is -0.978. The Morgan fingerprint density at radius 3 is 2.18 bits per heavy atom. The van der Waals surface area contributed by atoms with Gasteiger partial charge in [-0.05, 0) is 48.0 Å². The Kier molecular flexibility index (Phi) is 4.77. The quantitative estimate of drug-likeness (QED) is 0.783. The van der Waals surface area contributed by atoms with Gasteiger partial charge in [0, 0.05) is 0 Å². The summed E-state index contributed by atoms with van der Waals surface area (Å²) in [7, 11) is -4.27. The van der Waals surface area contributed by atoms with Gasteiger partial charge in [0.1, 0.15) is 18.2 Å². The van der Waals surface area contributed by atoms with Gasteiger partial charge in [-0.3, -0.25) is 9.10 Å². The Balaban J connectivity index is 2.56. The van der Waals surface area contributed by atoms with Crippen LogP contribution in [0.5, 0.6) is 0 Å². The maximum Gasteiger partial charge on any atom is 0.264 e. The second-order valence-electron chi connectivity index (χ2n) is 4.27. The molecule has 0 heterocycles. The van der Waals surface area contributed by atoms with Crippen LogP contribution in [0.2, 0.25) is 0 Å². The van der Waals surface area contributed by atoms with E-state index in [0.717, 1.165) is 30.3 Å². The van der Waals surface area contributed by atoms with Crippen LogP contribution >= 0.6 is 11.6 Å². The molecule has 0 atom stereocenters. The lowest BCUT2D eigenvalue weighted by atomic mass is 10.3. The minimum atomic E-state index is -4.27. The second kappa shape index (κ2) is 6.41. The molecule has 116 valence electrons. The number of sulfonamides is 1. The SMILES string of the molecule is O=C(Cl)CN(c1ccccc1F)S(=O)(=O)c1ccc(F)cc1. The number of nitrogens with zero attached hydrogens (tertiary/aromatic N) is 1. The third-order valence-electron chi connectivity index (χ3n) is 2.79. The fourth-order valence-corrected chi connectivity index (χ4v) is 3.42. The van der Waals surface area contributed by atoms with Crippen molar-refractivity contribution in [3.63, 3.8) is 0 Å². The van der Waals surface area contributed by atoms with Gasteiger partial charge in [0.2, 0.25) is 5.24 Å². The monoisotopic (exact) mass is 345 g/mol. The number of benzene rings is 2. The summed E-state index contributed by atoms with van der Waals surface area (Å²) in [4.78, 5) is 10.9. The van der Waals surface area contributed by atoms with Crippen LogP contribution in [0.1, 0.15) is 0 Å². The van der Waals surface area contributed by atoms with Crippen LogP contribution in [0, 0.1) is 11.6 Å². The van der Waals surface area contributed by atoms with E-state index in [2.05, 4.69) is 0 Å². The number of hydrogen-bond donors (Lipinski definition) is 0. The molecule has 0 saturated carbocycles. The minimum absolute atomic E-state index is 0.282. The first kappa shape index (κ1) is 16.4. The summed E-state index contributed by atoms with van der Waals surface area (Å²) < 4.78 is 52.5. The fraction of sp³-hybridized carbons (Fsp3) is 0.0714. The topological polar surface area (TPSA) is 54.5 Å². The molecule has 0 unspecified atom stereocenters. The predicted octanol–water partition coefficient (Wildman–Crippen LogP) is 2.93. The summed E-state index contributed by atoms with van der Waals surface area (Å²) in [6, 6.07) is 9.02. The van der Waals surface area contributed by atoms with Crippen molar-refractivity contribution >= 4 is 32.6 Å². The van der Waals surface area contributed by atoms with E-state index in [1.54, 1.807) is 0 Å². The number of para-hydroxylation sites is 1. The largest absolute Gasteiger partial charge is 0.279 e. The zero-order valence-corrected chi connectivity index (χ0v) is 12.6. The lowest BCUT2D eigenvalue weighted by Gasteiger charge is -2.23. The molecule has 0 radical (unpaired) electrons. The molecule has 0 bridgehead atoms. The van der Waals surface area contributed by atoms with Crippen molar-refractivity contribution < 1.29 is 22.0 Å². The average molecular weight is 346 g/mol. The summed E-state index contributed by atoms with van der Waals surface area (Å²) in [6.45, 7) is -0.748. The van der Waals surface area contributed by atoms with Crippen molar-refractivity contribution in [3.8, 4) is 0 Å². The number of carbonyl (C=O) groups excluding carboxylic acids is 1. The van der Waals surface area contributed by atoms with Crippen molar-refractivity contribution in [3.05, 3.63) is 60.2 Å². The van der Waals surface area contributed by atoms with Crippen LogP contribution in [0.15, 0.2) is 53.4 Å². The molecule has 2 aromatic rings. The smallest absolute Gasteiger partial charge is 0.264 e. The molecule has 0 spiro atoms. The number of rotatable bonds is 5. The highest BCUT2D eigenvalue weighted by Crippen LogP contribution is 2.26. The summed E-state index contributed by atoms with van der Waals surface area (Å²) in [6.07, 6.45) is 0. The maximum absolute atomic E-state index is 13.9. The van der Waals surface area contributed by atoms with Gasteiger partial charge in [0.05, 0.1) is 10.6 Å². The lowest BCUT2D eigenvalue weighted by molar-refractivity contribution is -0.110. The second-order valence-corrected chi connectivity index (χ2v) is 6.56. The van der Waals surface area contributed by atoms with Crippen LogP contribution in [-0.4, -0.2) is 20.2 Å². The Labute approximate surface area is 131 Å². The van der Waals surface area contributed by atoms with Gasteiger partial charge in [-0.1, -0.05) is 12.1 Å². The van der Waals surface area contributed by atoms with Gasteiger partial charge in [-0.2, -0.15) is 0 Å². The van der Waals surface area contributed by atoms with Crippen LogP contribution in [0.4, 0.5) is 14.5 Å². The number of hydrogen-bond acceptors (Lipinski definition) is 3. The highest BCUT2D eigenvalue weighted by Gasteiger charge is 2.28. The Bertz CT molecular complexity index is 794. The molecule has 8 heteroatoms. The minimum Gasteiger partial charge on any atom is -0.279 e. The number of anilines is 1. The molecule has 22 heavy (non-hydrogen) atoms. The molecule has 0 saturated heterocycles. The van der Waals surface area contributed by atoms with E-state index in [1.807, 2.05) is 0 Å². The lowest BCUT2D eigenvalue weighted by Crippen LogP contribution is -2.35. The van der Waals surface area contributed by atoms with Gasteiger partial charge in [-0.25, -0.2) is 17.2 Å². The molecule has 4 nitrogen and oxygen atoms in total. The van der Waals surface area contributed by atoms with Crippen LogP contribution in [0.25, 0.3) is 0 Å². The Hall–Kier alpha value is -1.99. The third kappa shape index (κ3) is 3.42. The summed E-state index contributed by atoms with van der Waals surface area (Å²) >= 11 is 5.27. The standard InChI is InChI=1S/C14H10ClF2NO3S/c15-14(19)9-18(13-4-2-1-3-12(13)17)22(20,21)11-7-5-10(16)6-8-11/h1-8H,9H2. The van der Waals surface area contributed by atoms with E-state index in [-0.39, 0.29) is 10.6 Å². The van der Waals surface area contributed by atoms with E-state index >= 15 is 0 Å². The zero-order valence-electron chi connectivity index (χ0n) is 11.0.